The third kappa shape index (κ3) is 4.59. The van der Waals surface area contributed by atoms with Gasteiger partial charge in [-0.25, -0.2) is 4.79 Å². The first-order valence-electron chi connectivity index (χ1n) is 12.5. The van der Waals surface area contributed by atoms with Gasteiger partial charge in [0.1, 0.15) is 11.5 Å². The second-order valence-corrected chi connectivity index (χ2v) is 9.89. The van der Waals surface area contributed by atoms with Crippen molar-refractivity contribution >= 4 is 29.0 Å². The Kier molecular flexibility index (Phi) is 7.01. The summed E-state index contributed by atoms with van der Waals surface area (Å²) in [6, 6.07) is 18.3. The second-order valence-electron chi connectivity index (χ2n) is 9.50. The van der Waals surface area contributed by atoms with Gasteiger partial charge in [0.05, 0.1) is 43.2 Å². The number of aromatic nitrogens is 2. The molecule has 1 saturated heterocycles. The molecule has 0 saturated carbocycles. The summed E-state index contributed by atoms with van der Waals surface area (Å²) in [5, 5.41) is 13.7. The number of nitrogens with one attached hydrogen (secondary N) is 1. The van der Waals surface area contributed by atoms with Gasteiger partial charge in [0.15, 0.2) is 5.11 Å². The first-order valence-corrected chi connectivity index (χ1v) is 12.9. The lowest BCUT2D eigenvalue weighted by Gasteiger charge is -2.29. The average Bonchev–Trinajstić information content (AvgIpc) is 3.43. The van der Waals surface area contributed by atoms with Crippen LogP contribution in [0.3, 0.4) is 0 Å². The molecule has 1 aliphatic rings. The molecule has 2 atom stereocenters. The van der Waals surface area contributed by atoms with E-state index in [1.807, 2.05) is 63.2 Å². The number of hydrogen-bond donors (Lipinski definition) is 2. The summed E-state index contributed by atoms with van der Waals surface area (Å²) in [5.74, 6) is 0.376. The van der Waals surface area contributed by atoms with Gasteiger partial charge in [0, 0.05) is 29.3 Å². The van der Waals surface area contributed by atoms with Gasteiger partial charge in [-0.05, 0) is 86.6 Å². The van der Waals surface area contributed by atoms with Gasteiger partial charge in [0.2, 0.25) is 0 Å². The van der Waals surface area contributed by atoms with Gasteiger partial charge in [0.25, 0.3) is 0 Å². The van der Waals surface area contributed by atoms with Crippen LogP contribution in [0.2, 0.25) is 0 Å². The summed E-state index contributed by atoms with van der Waals surface area (Å²) in [7, 11) is 3.26. The zero-order valence-electron chi connectivity index (χ0n) is 22.4. The highest BCUT2D eigenvalue weighted by atomic mass is 32.1. The van der Waals surface area contributed by atoms with Crippen LogP contribution in [0.5, 0.6) is 11.5 Å². The standard InChI is InChI=1S/C30H30N4O4S/c1-17-9-10-20(29(35)36)15-24(17)33-18(2)14-22(19(33)3)28-27(23-8-6-7-13-31-23)32-30(39)34(28)25-16-21(37-4)11-12-26(25)38-5/h6-16,27-28H,1-5H3,(H,32,39)(H,35,36)/t27-,28-/m1/s1. The van der Waals surface area contributed by atoms with Gasteiger partial charge >= 0.3 is 5.97 Å². The molecule has 200 valence electrons. The van der Waals surface area contributed by atoms with Crippen molar-refractivity contribution in [2.45, 2.75) is 32.9 Å². The molecule has 0 radical (unpaired) electrons. The van der Waals surface area contributed by atoms with Crippen LogP contribution in [-0.4, -0.2) is 40.0 Å². The van der Waals surface area contributed by atoms with E-state index in [9.17, 15) is 9.90 Å². The Morgan fingerprint density at radius 1 is 1.00 bits per heavy atom. The molecule has 0 aliphatic carbocycles. The van der Waals surface area contributed by atoms with Crippen molar-refractivity contribution in [3.8, 4) is 17.2 Å². The third-order valence-electron chi connectivity index (χ3n) is 7.23. The van der Waals surface area contributed by atoms with Crippen LogP contribution >= 0.6 is 12.2 Å². The average molecular weight is 543 g/mol. The Morgan fingerprint density at radius 3 is 2.46 bits per heavy atom. The van der Waals surface area contributed by atoms with Gasteiger partial charge in [-0.2, -0.15) is 0 Å². The van der Waals surface area contributed by atoms with Crippen LogP contribution in [0.25, 0.3) is 5.69 Å². The predicted molar refractivity (Wildman–Crippen MR) is 154 cm³/mol. The third-order valence-corrected chi connectivity index (χ3v) is 7.54. The molecule has 1 aliphatic heterocycles. The fourth-order valence-electron chi connectivity index (χ4n) is 5.36. The van der Waals surface area contributed by atoms with Crippen LogP contribution in [-0.2, 0) is 0 Å². The second kappa shape index (κ2) is 10.4. The van der Waals surface area contributed by atoms with E-state index in [0.29, 0.717) is 16.6 Å². The molecule has 2 aromatic carbocycles. The number of rotatable bonds is 7. The summed E-state index contributed by atoms with van der Waals surface area (Å²) in [6.07, 6.45) is 1.77. The van der Waals surface area contributed by atoms with Crippen molar-refractivity contribution in [1.82, 2.24) is 14.9 Å². The summed E-state index contributed by atoms with van der Waals surface area (Å²) in [4.78, 5) is 18.5. The summed E-state index contributed by atoms with van der Waals surface area (Å²) in [6.45, 7) is 6.05. The number of carbonyl (C=O) groups is 1. The number of aromatic carboxylic acids is 1. The highest BCUT2D eigenvalue weighted by Crippen LogP contribution is 2.47. The lowest BCUT2D eigenvalue weighted by Crippen LogP contribution is -2.30. The van der Waals surface area contributed by atoms with Gasteiger partial charge < -0.3 is 29.4 Å². The predicted octanol–water partition coefficient (Wildman–Crippen LogP) is 5.69. The number of hydrogen-bond acceptors (Lipinski definition) is 5. The van der Waals surface area contributed by atoms with E-state index in [1.54, 1.807) is 32.5 Å². The minimum atomic E-state index is -0.962. The summed E-state index contributed by atoms with van der Waals surface area (Å²) >= 11 is 5.93. The summed E-state index contributed by atoms with van der Waals surface area (Å²) in [5.41, 5.74) is 6.63. The highest BCUT2D eigenvalue weighted by Gasteiger charge is 2.43. The molecule has 1 fully saturated rings. The SMILES string of the molecule is COc1ccc(OC)c(N2C(=S)N[C@H](c3ccccn3)[C@H]2c2cc(C)n(-c3cc(C(=O)O)ccc3C)c2C)c1. The minimum Gasteiger partial charge on any atom is -0.497 e. The monoisotopic (exact) mass is 542 g/mol. The van der Waals surface area contributed by atoms with E-state index in [0.717, 1.165) is 39.6 Å². The van der Waals surface area contributed by atoms with Gasteiger partial charge in [-0.15, -0.1) is 0 Å². The fraction of sp³-hybridized carbons (Fsp3) is 0.233. The van der Waals surface area contributed by atoms with E-state index in [-0.39, 0.29) is 17.6 Å². The number of ether oxygens (including phenoxy) is 2. The maximum atomic E-state index is 11.8. The maximum absolute atomic E-state index is 11.8. The first kappa shape index (κ1) is 26.2. The molecule has 2 N–H and O–H groups in total. The van der Waals surface area contributed by atoms with Crippen LogP contribution in [0.4, 0.5) is 5.69 Å². The Balaban J connectivity index is 1.73. The van der Waals surface area contributed by atoms with Crippen molar-refractivity contribution in [1.29, 1.82) is 0 Å². The molecule has 0 bridgehead atoms. The van der Waals surface area contributed by atoms with Crippen molar-refractivity contribution in [2.24, 2.45) is 0 Å². The largest absolute Gasteiger partial charge is 0.497 e. The van der Waals surface area contributed by atoms with E-state index in [2.05, 4.69) is 25.8 Å². The Hall–Kier alpha value is -4.37. The number of pyridine rings is 1. The number of aryl methyl sites for hydroxylation is 2. The molecular formula is C30H30N4O4S. The Bertz CT molecular complexity index is 1570. The normalized spacial score (nSPS) is 16.7. The van der Waals surface area contributed by atoms with Crippen LogP contribution in [0.1, 0.15) is 50.7 Å². The Morgan fingerprint density at radius 2 is 1.79 bits per heavy atom. The molecule has 2 aromatic heterocycles. The zero-order chi connectivity index (χ0) is 27.8. The number of benzene rings is 2. The number of thiocarbonyl (C=S) groups is 1. The molecule has 4 aromatic rings. The molecule has 39 heavy (non-hydrogen) atoms. The van der Waals surface area contributed by atoms with E-state index < -0.39 is 5.97 Å². The van der Waals surface area contributed by atoms with Crippen molar-refractivity contribution in [2.75, 3.05) is 19.1 Å². The quantitative estimate of drug-likeness (QED) is 0.288. The molecule has 0 unspecified atom stereocenters. The zero-order valence-corrected chi connectivity index (χ0v) is 23.2. The van der Waals surface area contributed by atoms with Gasteiger partial charge in [-0.1, -0.05) is 12.1 Å². The number of anilines is 1. The number of methoxy groups -OCH3 is 2. The topological polar surface area (TPSA) is 88.9 Å². The van der Waals surface area contributed by atoms with E-state index >= 15 is 0 Å². The van der Waals surface area contributed by atoms with E-state index in [1.165, 1.54) is 0 Å². The molecule has 5 rings (SSSR count). The maximum Gasteiger partial charge on any atom is 0.335 e. The van der Waals surface area contributed by atoms with Crippen LogP contribution in [0, 0.1) is 20.8 Å². The van der Waals surface area contributed by atoms with Crippen molar-refractivity contribution < 1.29 is 19.4 Å². The first-order chi connectivity index (χ1) is 18.7. The lowest BCUT2D eigenvalue weighted by atomic mass is 9.96. The van der Waals surface area contributed by atoms with Crippen LogP contribution in [0.15, 0.2) is 66.9 Å². The molecule has 8 nitrogen and oxygen atoms in total. The number of carboxylic acids is 1. The lowest BCUT2D eigenvalue weighted by molar-refractivity contribution is 0.0697. The molecular weight excluding hydrogens is 512 g/mol. The van der Waals surface area contributed by atoms with E-state index in [4.69, 9.17) is 21.7 Å². The fourth-order valence-corrected chi connectivity index (χ4v) is 5.70. The summed E-state index contributed by atoms with van der Waals surface area (Å²) < 4.78 is 13.4. The van der Waals surface area contributed by atoms with Crippen LogP contribution < -0.4 is 19.7 Å². The number of carboxylic acid groups (broad SMARTS) is 1. The smallest absolute Gasteiger partial charge is 0.335 e. The van der Waals surface area contributed by atoms with Crippen molar-refractivity contribution in [3.05, 3.63) is 101 Å². The molecule has 0 amide bonds. The van der Waals surface area contributed by atoms with Crippen molar-refractivity contribution in [3.63, 3.8) is 0 Å². The molecule has 3 heterocycles. The number of nitrogens with zero attached hydrogens (tertiary/aromatic N) is 3. The Labute approximate surface area is 232 Å². The highest BCUT2D eigenvalue weighted by molar-refractivity contribution is 7.80. The minimum absolute atomic E-state index is 0.238. The molecule has 0 spiro atoms. The van der Waals surface area contributed by atoms with Gasteiger partial charge in [-0.3, -0.25) is 4.98 Å². The molecule has 9 heteroatoms.